The van der Waals surface area contributed by atoms with E-state index in [4.69, 9.17) is 4.74 Å². The number of halogens is 1. The SMILES string of the molecule is Cc1cc(Br)ccc1NC(=O)CNC(=O)COc1cccc(C(C)C)c1. The zero-order valence-corrected chi connectivity index (χ0v) is 16.7. The Labute approximate surface area is 162 Å². The lowest BCUT2D eigenvalue weighted by Gasteiger charge is -2.11. The van der Waals surface area contributed by atoms with Crippen molar-refractivity contribution in [2.75, 3.05) is 18.5 Å². The Kier molecular flexibility index (Phi) is 7.21. The summed E-state index contributed by atoms with van der Waals surface area (Å²) in [6.07, 6.45) is 0. The van der Waals surface area contributed by atoms with Gasteiger partial charge in [0.25, 0.3) is 5.91 Å². The Morgan fingerprint density at radius 1 is 1.12 bits per heavy atom. The van der Waals surface area contributed by atoms with Gasteiger partial charge in [-0.25, -0.2) is 0 Å². The van der Waals surface area contributed by atoms with Crippen LogP contribution in [0.15, 0.2) is 46.9 Å². The van der Waals surface area contributed by atoms with Gasteiger partial charge in [-0.15, -0.1) is 0 Å². The van der Waals surface area contributed by atoms with Crippen LogP contribution >= 0.6 is 15.9 Å². The Bertz CT molecular complexity index is 790. The predicted molar refractivity (Wildman–Crippen MR) is 107 cm³/mol. The summed E-state index contributed by atoms with van der Waals surface area (Å²) in [7, 11) is 0. The van der Waals surface area contributed by atoms with Crippen LogP contribution in [-0.2, 0) is 9.59 Å². The number of aryl methyl sites for hydroxylation is 1. The van der Waals surface area contributed by atoms with Crippen molar-refractivity contribution in [1.29, 1.82) is 0 Å². The number of carbonyl (C=O) groups excluding carboxylic acids is 2. The minimum atomic E-state index is -0.345. The van der Waals surface area contributed by atoms with Gasteiger partial charge in [-0.05, 0) is 54.3 Å². The highest BCUT2D eigenvalue weighted by molar-refractivity contribution is 9.10. The molecule has 2 amide bonds. The van der Waals surface area contributed by atoms with E-state index in [2.05, 4.69) is 40.4 Å². The largest absolute Gasteiger partial charge is 0.484 e. The average molecular weight is 419 g/mol. The number of benzene rings is 2. The van der Waals surface area contributed by atoms with Crippen molar-refractivity contribution in [2.24, 2.45) is 0 Å². The fourth-order valence-electron chi connectivity index (χ4n) is 2.30. The lowest BCUT2D eigenvalue weighted by Crippen LogP contribution is -2.35. The number of hydrogen-bond donors (Lipinski definition) is 2. The van der Waals surface area contributed by atoms with Crippen molar-refractivity contribution in [3.63, 3.8) is 0 Å². The number of anilines is 1. The number of carbonyl (C=O) groups is 2. The highest BCUT2D eigenvalue weighted by atomic mass is 79.9. The maximum absolute atomic E-state index is 12.0. The van der Waals surface area contributed by atoms with E-state index < -0.39 is 0 Å². The molecule has 5 nitrogen and oxygen atoms in total. The molecule has 2 N–H and O–H groups in total. The summed E-state index contributed by atoms with van der Waals surface area (Å²) in [6, 6.07) is 13.2. The van der Waals surface area contributed by atoms with Crippen LogP contribution in [0.5, 0.6) is 5.75 Å². The molecule has 2 aromatic rings. The predicted octanol–water partition coefficient (Wildman–Crippen LogP) is 4.01. The van der Waals surface area contributed by atoms with Crippen molar-refractivity contribution in [1.82, 2.24) is 5.32 Å². The molecule has 138 valence electrons. The first-order chi connectivity index (χ1) is 12.3. The summed E-state index contributed by atoms with van der Waals surface area (Å²) in [5, 5.41) is 5.33. The molecule has 0 unspecified atom stereocenters. The van der Waals surface area contributed by atoms with Gasteiger partial charge in [0.05, 0.1) is 6.54 Å². The molecule has 0 saturated carbocycles. The lowest BCUT2D eigenvalue weighted by atomic mass is 10.0. The fourth-order valence-corrected chi connectivity index (χ4v) is 2.78. The van der Waals surface area contributed by atoms with Crippen LogP contribution in [-0.4, -0.2) is 25.0 Å². The van der Waals surface area contributed by atoms with Gasteiger partial charge in [0.1, 0.15) is 5.75 Å². The number of nitrogens with one attached hydrogen (secondary N) is 2. The molecule has 0 radical (unpaired) electrons. The Hall–Kier alpha value is -2.34. The van der Waals surface area contributed by atoms with Gasteiger partial charge in [-0.3, -0.25) is 9.59 Å². The Morgan fingerprint density at radius 2 is 1.88 bits per heavy atom. The second kappa shape index (κ2) is 9.38. The summed E-state index contributed by atoms with van der Waals surface area (Å²) in [6.45, 7) is 5.85. The Morgan fingerprint density at radius 3 is 2.58 bits per heavy atom. The van der Waals surface area contributed by atoms with Crippen LogP contribution in [0.1, 0.15) is 30.9 Å². The minimum absolute atomic E-state index is 0.107. The van der Waals surface area contributed by atoms with E-state index in [1.54, 1.807) is 0 Å². The van der Waals surface area contributed by atoms with Crippen molar-refractivity contribution in [3.05, 3.63) is 58.1 Å². The second-order valence-electron chi connectivity index (χ2n) is 6.30. The summed E-state index contributed by atoms with van der Waals surface area (Å²) < 4.78 is 6.44. The number of hydrogen-bond acceptors (Lipinski definition) is 3. The van der Waals surface area contributed by atoms with Crippen LogP contribution in [0.3, 0.4) is 0 Å². The van der Waals surface area contributed by atoms with Gasteiger partial charge >= 0.3 is 0 Å². The fraction of sp³-hybridized carbons (Fsp3) is 0.300. The van der Waals surface area contributed by atoms with Crippen LogP contribution in [0.25, 0.3) is 0 Å². The summed E-state index contributed by atoms with van der Waals surface area (Å²) in [5.41, 5.74) is 2.80. The molecule has 0 aromatic heterocycles. The van der Waals surface area contributed by atoms with Crippen molar-refractivity contribution >= 4 is 33.4 Å². The van der Waals surface area contributed by atoms with E-state index >= 15 is 0 Å². The third kappa shape index (κ3) is 6.19. The van der Waals surface area contributed by atoms with E-state index in [-0.39, 0.29) is 25.0 Å². The van der Waals surface area contributed by atoms with Crippen LogP contribution < -0.4 is 15.4 Å². The van der Waals surface area contributed by atoms with Gasteiger partial charge in [0.15, 0.2) is 6.61 Å². The lowest BCUT2D eigenvalue weighted by molar-refractivity contribution is -0.125. The molecule has 0 atom stereocenters. The summed E-state index contributed by atoms with van der Waals surface area (Å²) in [4.78, 5) is 23.9. The molecule has 6 heteroatoms. The number of rotatable bonds is 7. The van der Waals surface area contributed by atoms with E-state index in [0.717, 1.165) is 15.6 Å². The molecule has 0 saturated heterocycles. The highest BCUT2D eigenvalue weighted by Gasteiger charge is 2.09. The third-order valence-corrected chi connectivity index (χ3v) is 4.30. The molecule has 0 bridgehead atoms. The zero-order valence-electron chi connectivity index (χ0n) is 15.1. The van der Waals surface area contributed by atoms with Crippen molar-refractivity contribution in [2.45, 2.75) is 26.7 Å². The molecule has 0 aliphatic carbocycles. The van der Waals surface area contributed by atoms with E-state index in [1.165, 1.54) is 0 Å². The first-order valence-corrected chi connectivity index (χ1v) is 9.20. The molecule has 26 heavy (non-hydrogen) atoms. The summed E-state index contributed by atoms with van der Waals surface area (Å²) >= 11 is 3.38. The first-order valence-electron chi connectivity index (χ1n) is 8.40. The van der Waals surface area contributed by atoms with E-state index in [1.807, 2.05) is 49.4 Å². The van der Waals surface area contributed by atoms with Crippen molar-refractivity contribution in [3.8, 4) is 5.75 Å². The van der Waals surface area contributed by atoms with Gasteiger partial charge < -0.3 is 15.4 Å². The zero-order chi connectivity index (χ0) is 19.1. The number of ether oxygens (including phenoxy) is 1. The van der Waals surface area contributed by atoms with Crippen molar-refractivity contribution < 1.29 is 14.3 Å². The topological polar surface area (TPSA) is 67.4 Å². The summed E-state index contributed by atoms with van der Waals surface area (Å²) in [5.74, 6) is 0.396. The van der Waals surface area contributed by atoms with Gasteiger partial charge in [-0.1, -0.05) is 41.9 Å². The van der Waals surface area contributed by atoms with Crippen LogP contribution in [0, 0.1) is 6.92 Å². The monoisotopic (exact) mass is 418 g/mol. The van der Waals surface area contributed by atoms with Crippen LogP contribution in [0.2, 0.25) is 0 Å². The average Bonchev–Trinajstić information content (AvgIpc) is 2.61. The van der Waals surface area contributed by atoms with E-state index in [9.17, 15) is 9.59 Å². The molecule has 0 heterocycles. The standard InChI is InChI=1S/C20H23BrN2O3/c1-13(2)15-5-4-6-17(10-15)26-12-20(25)22-11-19(24)23-18-8-7-16(21)9-14(18)3/h4-10,13H,11-12H2,1-3H3,(H,22,25)(H,23,24). The number of amides is 2. The molecule has 0 aliphatic heterocycles. The van der Waals surface area contributed by atoms with Gasteiger partial charge in [0, 0.05) is 10.2 Å². The molecule has 0 spiro atoms. The quantitative estimate of drug-likeness (QED) is 0.713. The molecular weight excluding hydrogens is 396 g/mol. The first kappa shape index (κ1) is 20.0. The maximum atomic E-state index is 12.0. The third-order valence-electron chi connectivity index (χ3n) is 3.80. The minimum Gasteiger partial charge on any atom is -0.484 e. The molecule has 2 rings (SSSR count). The van der Waals surface area contributed by atoms with E-state index in [0.29, 0.717) is 17.4 Å². The normalized spacial score (nSPS) is 10.5. The highest BCUT2D eigenvalue weighted by Crippen LogP contribution is 2.20. The van der Waals surface area contributed by atoms with Crippen LogP contribution in [0.4, 0.5) is 5.69 Å². The smallest absolute Gasteiger partial charge is 0.258 e. The molecule has 0 aliphatic rings. The second-order valence-corrected chi connectivity index (χ2v) is 7.22. The molecular formula is C20H23BrN2O3. The molecule has 0 fully saturated rings. The Balaban J connectivity index is 1.77. The maximum Gasteiger partial charge on any atom is 0.258 e. The molecule has 2 aromatic carbocycles. The van der Waals surface area contributed by atoms with Gasteiger partial charge in [-0.2, -0.15) is 0 Å². The van der Waals surface area contributed by atoms with Gasteiger partial charge in [0.2, 0.25) is 5.91 Å².